The van der Waals surface area contributed by atoms with Gasteiger partial charge in [-0.25, -0.2) is 4.79 Å². The van der Waals surface area contributed by atoms with Crippen LogP contribution >= 0.6 is 0 Å². The molecule has 0 saturated carbocycles. The van der Waals surface area contributed by atoms with Gasteiger partial charge in [-0.1, -0.05) is 32.0 Å². The van der Waals surface area contributed by atoms with E-state index in [4.69, 9.17) is 9.47 Å². The van der Waals surface area contributed by atoms with Gasteiger partial charge in [0.05, 0.1) is 20.6 Å². The zero-order valence-corrected chi connectivity index (χ0v) is 12.3. The van der Waals surface area contributed by atoms with Crippen molar-refractivity contribution in [3.63, 3.8) is 0 Å². The number of hydrogen-bond donors (Lipinski definition) is 1. The Balaban J connectivity index is 2.73. The van der Waals surface area contributed by atoms with Crippen LogP contribution in [0.4, 0.5) is 0 Å². The Morgan fingerprint density at radius 3 is 2.40 bits per heavy atom. The minimum absolute atomic E-state index is 0.0379. The molecule has 5 heteroatoms. The van der Waals surface area contributed by atoms with Crippen molar-refractivity contribution in [2.24, 2.45) is 5.92 Å². The van der Waals surface area contributed by atoms with Gasteiger partial charge in [-0.3, -0.25) is 4.79 Å². The predicted molar refractivity (Wildman–Crippen MR) is 75.5 cm³/mol. The molecule has 0 aliphatic rings. The molecular weight excluding hydrogens is 258 g/mol. The fraction of sp³-hybridized carbons (Fsp3) is 0.467. The molecule has 1 N–H and O–H groups in total. The summed E-state index contributed by atoms with van der Waals surface area (Å²) >= 11 is 0. The Labute approximate surface area is 119 Å². The zero-order chi connectivity index (χ0) is 15.1. The molecule has 0 fully saturated rings. The van der Waals surface area contributed by atoms with Gasteiger partial charge in [-0.2, -0.15) is 0 Å². The minimum Gasteiger partial charge on any atom is -0.496 e. The minimum atomic E-state index is -0.637. The summed E-state index contributed by atoms with van der Waals surface area (Å²) < 4.78 is 9.89. The number of carbonyl (C=O) groups excluding carboxylic acids is 2. The second kappa shape index (κ2) is 7.53. The lowest BCUT2D eigenvalue weighted by atomic mass is 10.0. The van der Waals surface area contributed by atoms with Crippen LogP contribution in [0.3, 0.4) is 0 Å². The number of rotatable bonds is 6. The molecule has 0 aliphatic heterocycles. The number of esters is 1. The first kappa shape index (κ1) is 16.0. The van der Waals surface area contributed by atoms with Gasteiger partial charge >= 0.3 is 5.97 Å². The lowest BCUT2D eigenvalue weighted by Crippen LogP contribution is -2.45. The lowest BCUT2D eigenvalue weighted by molar-refractivity contribution is -0.146. The van der Waals surface area contributed by atoms with E-state index >= 15 is 0 Å². The maximum atomic E-state index is 12.0. The van der Waals surface area contributed by atoms with Crippen molar-refractivity contribution in [2.75, 3.05) is 14.2 Å². The van der Waals surface area contributed by atoms with Gasteiger partial charge in [-0.05, 0) is 12.0 Å². The number of para-hydroxylation sites is 1. The average molecular weight is 279 g/mol. The number of carbonyl (C=O) groups is 2. The standard InChI is InChI=1S/C15H21NO4/c1-10(2)14(15(18)20-4)16-13(17)9-11-7-5-6-8-12(11)19-3/h5-8,10,14H,9H2,1-4H3,(H,16,17)/t14-/m0/s1. The van der Waals surface area contributed by atoms with E-state index in [-0.39, 0.29) is 18.2 Å². The highest BCUT2D eigenvalue weighted by molar-refractivity contribution is 5.86. The van der Waals surface area contributed by atoms with Crippen molar-refractivity contribution in [3.8, 4) is 5.75 Å². The summed E-state index contributed by atoms with van der Waals surface area (Å²) in [5.74, 6) is -0.0575. The Hall–Kier alpha value is -2.04. The quantitative estimate of drug-likeness (QED) is 0.802. The van der Waals surface area contributed by atoms with Crippen molar-refractivity contribution in [3.05, 3.63) is 29.8 Å². The van der Waals surface area contributed by atoms with Crippen LogP contribution in [0.1, 0.15) is 19.4 Å². The second-order valence-corrected chi connectivity index (χ2v) is 4.80. The topological polar surface area (TPSA) is 64.6 Å². The highest BCUT2D eigenvalue weighted by atomic mass is 16.5. The highest BCUT2D eigenvalue weighted by Crippen LogP contribution is 2.17. The van der Waals surface area contributed by atoms with Crippen LogP contribution in [0.25, 0.3) is 0 Å². The Morgan fingerprint density at radius 2 is 1.85 bits per heavy atom. The largest absolute Gasteiger partial charge is 0.496 e. The van der Waals surface area contributed by atoms with Crippen LogP contribution in [-0.4, -0.2) is 32.1 Å². The van der Waals surface area contributed by atoms with Crippen molar-refractivity contribution >= 4 is 11.9 Å². The van der Waals surface area contributed by atoms with Gasteiger partial charge in [-0.15, -0.1) is 0 Å². The van der Waals surface area contributed by atoms with E-state index in [1.165, 1.54) is 7.11 Å². The van der Waals surface area contributed by atoms with Gasteiger partial charge in [0.2, 0.25) is 5.91 Å². The van der Waals surface area contributed by atoms with Crippen molar-refractivity contribution in [1.82, 2.24) is 5.32 Å². The van der Waals surface area contributed by atoms with Crippen LogP contribution in [0.15, 0.2) is 24.3 Å². The van der Waals surface area contributed by atoms with E-state index in [0.717, 1.165) is 5.56 Å². The van der Waals surface area contributed by atoms with Crippen LogP contribution < -0.4 is 10.1 Å². The fourth-order valence-corrected chi connectivity index (χ4v) is 1.87. The summed E-state index contributed by atoms with van der Waals surface area (Å²) in [5.41, 5.74) is 0.778. The molecule has 0 aliphatic carbocycles. The van der Waals surface area contributed by atoms with Gasteiger partial charge in [0.25, 0.3) is 0 Å². The summed E-state index contributed by atoms with van der Waals surface area (Å²) in [7, 11) is 2.87. The van der Waals surface area contributed by atoms with Gasteiger partial charge in [0.1, 0.15) is 11.8 Å². The van der Waals surface area contributed by atoms with Gasteiger partial charge in [0, 0.05) is 5.56 Å². The lowest BCUT2D eigenvalue weighted by Gasteiger charge is -2.20. The second-order valence-electron chi connectivity index (χ2n) is 4.80. The fourth-order valence-electron chi connectivity index (χ4n) is 1.87. The van der Waals surface area contributed by atoms with E-state index in [2.05, 4.69) is 5.32 Å². The molecule has 5 nitrogen and oxygen atoms in total. The summed E-state index contributed by atoms with van der Waals surface area (Å²) in [6.07, 6.45) is 0.157. The third-order valence-electron chi connectivity index (χ3n) is 2.98. The molecule has 0 saturated heterocycles. The number of benzene rings is 1. The summed E-state index contributed by atoms with van der Waals surface area (Å²) in [4.78, 5) is 23.6. The molecule has 0 unspecified atom stereocenters. The molecule has 1 atom stereocenters. The Bertz CT molecular complexity index is 471. The summed E-state index contributed by atoms with van der Waals surface area (Å²) in [6, 6.07) is 6.66. The van der Waals surface area contributed by atoms with Crippen LogP contribution in [0.2, 0.25) is 0 Å². The molecular formula is C15H21NO4. The molecule has 0 bridgehead atoms. The zero-order valence-electron chi connectivity index (χ0n) is 12.3. The van der Waals surface area contributed by atoms with Crippen molar-refractivity contribution in [1.29, 1.82) is 0 Å². The number of hydrogen-bond acceptors (Lipinski definition) is 4. The third kappa shape index (κ3) is 4.26. The van der Waals surface area contributed by atoms with Crippen LogP contribution in [-0.2, 0) is 20.7 Å². The Kier molecular flexibility index (Phi) is 6.03. The maximum absolute atomic E-state index is 12.0. The molecule has 20 heavy (non-hydrogen) atoms. The normalized spacial score (nSPS) is 11.8. The molecule has 1 amide bonds. The monoisotopic (exact) mass is 279 g/mol. The molecule has 1 aromatic rings. The van der Waals surface area contributed by atoms with Crippen molar-refractivity contribution < 1.29 is 19.1 Å². The first-order valence-corrected chi connectivity index (χ1v) is 6.48. The highest BCUT2D eigenvalue weighted by Gasteiger charge is 2.25. The van der Waals surface area contributed by atoms with Crippen molar-refractivity contribution in [2.45, 2.75) is 26.3 Å². The van der Waals surface area contributed by atoms with E-state index < -0.39 is 12.0 Å². The molecule has 1 rings (SSSR count). The SMILES string of the molecule is COC(=O)[C@@H](NC(=O)Cc1ccccc1OC)C(C)C. The average Bonchev–Trinajstić information content (AvgIpc) is 2.44. The number of methoxy groups -OCH3 is 2. The number of nitrogens with one attached hydrogen (secondary N) is 1. The van der Waals surface area contributed by atoms with Crippen LogP contribution in [0, 0.1) is 5.92 Å². The molecule has 110 valence electrons. The van der Waals surface area contributed by atoms with E-state index in [1.807, 2.05) is 32.0 Å². The number of amides is 1. The first-order valence-electron chi connectivity index (χ1n) is 6.48. The molecule has 1 aromatic carbocycles. The van der Waals surface area contributed by atoms with Gasteiger partial charge < -0.3 is 14.8 Å². The molecule has 0 aromatic heterocycles. The molecule has 0 radical (unpaired) electrons. The first-order chi connectivity index (χ1) is 9.49. The number of ether oxygens (including phenoxy) is 2. The van der Waals surface area contributed by atoms with E-state index in [1.54, 1.807) is 13.2 Å². The van der Waals surface area contributed by atoms with E-state index in [9.17, 15) is 9.59 Å². The van der Waals surface area contributed by atoms with Gasteiger partial charge in [0.15, 0.2) is 0 Å². The van der Waals surface area contributed by atoms with Crippen LogP contribution in [0.5, 0.6) is 5.75 Å². The Morgan fingerprint density at radius 1 is 1.20 bits per heavy atom. The molecule has 0 heterocycles. The molecule has 0 spiro atoms. The maximum Gasteiger partial charge on any atom is 0.328 e. The summed E-state index contributed by atoms with van der Waals surface area (Å²) in [6.45, 7) is 3.70. The summed E-state index contributed by atoms with van der Waals surface area (Å²) in [5, 5.41) is 2.70. The van der Waals surface area contributed by atoms with E-state index in [0.29, 0.717) is 5.75 Å². The third-order valence-corrected chi connectivity index (χ3v) is 2.98. The predicted octanol–water partition coefficient (Wildman–Crippen LogP) is 1.55. The smallest absolute Gasteiger partial charge is 0.328 e.